The lowest BCUT2D eigenvalue weighted by molar-refractivity contribution is 0.181. The SMILES string of the molecule is COCc1cc(Nc2cnc3ccn(CCCCCN(C)C)c3n2)n[nH]1. The van der Waals surface area contributed by atoms with E-state index in [-0.39, 0.29) is 0 Å². The zero-order chi connectivity index (χ0) is 18.4. The third-order valence-corrected chi connectivity index (χ3v) is 4.16. The summed E-state index contributed by atoms with van der Waals surface area (Å²) in [4.78, 5) is 11.4. The zero-order valence-electron chi connectivity index (χ0n) is 15.7. The fourth-order valence-electron chi connectivity index (χ4n) is 2.86. The Bertz CT molecular complexity index is 824. The Labute approximate surface area is 153 Å². The van der Waals surface area contributed by atoms with E-state index in [0.717, 1.165) is 36.4 Å². The molecule has 0 aliphatic heterocycles. The third-order valence-electron chi connectivity index (χ3n) is 4.16. The minimum atomic E-state index is 0.496. The number of hydrogen-bond acceptors (Lipinski definition) is 6. The van der Waals surface area contributed by atoms with Crippen molar-refractivity contribution in [2.24, 2.45) is 0 Å². The van der Waals surface area contributed by atoms with E-state index in [0.29, 0.717) is 18.2 Å². The van der Waals surface area contributed by atoms with E-state index in [1.165, 1.54) is 12.8 Å². The van der Waals surface area contributed by atoms with Crippen LogP contribution in [-0.2, 0) is 17.9 Å². The molecule has 2 N–H and O–H groups in total. The maximum atomic E-state index is 5.09. The molecule has 0 saturated heterocycles. The molecule has 0 saturated carbocycles. The van der Waals surface area contributed by atoms with Crippen molar-refractivity contribution in [3.63, 3.8) is 0 Å². The summed E-state index contributed by atoms with van der Waals surface area (Å²) in [6, 6.07) is 3.91. The van der Waals surface area contributed by atoms with E-state index in [1.54, 1.807) is 13.3 Å². The minimum absolute atomic E-state index is 0.496. The van der Waals surface area contributed by atoms with Crippen molar-refractivity contribution in [3.05, 3.63) is 30.2 Å². The van der Waals surface area contributed by atoms with Crippen molar-refractivity contribution in [1.29, 1.82) is 0 Å². The fourth-order valence-corrected chi connectivity index (χ4v) is 2.86. The normalized spacial score (nSPS) is 11.5. The molecule has 0 atom stereocenters. The van der Waals surface area contributed by atoms with Gasteiger partial charge in [-0.25, -0.2) is 9.97 Å². The Balaban J connectivity index is 1.63. The van der Waals surface area contributed by atoms with E-state index in [1.807, 2.05) is 12.1 Å². The summed E-state index contributed by atoms with van der Waals surface area (Å²) in [6.45, 7) is 2.58. The number of unbranched alkanes of at least 4 members (excludes halogenated alkanes) is 2. The van der Waals surface area contributed by atoms with Crippen molar-refractivity contribution >= 4 is 22.8 Å². The Hall–Kier alpha value is -2.45. The van der Waals surface area contributed by atoms with E-state index in [4.69, 9.17) is 9.72 Å². The standard InChI is InChI=1S/C18H27N7O/c1-24(2)8-5-4-6-9-25-10-7-15-18(25)21-17(12-19-15)20-16-11-14(13-26-3)22-23-16/h7,10-12H,4-6,8-9,13H2,1-3H3,(H2,20,21,22,23). The summed E-state index contributed by atoms with van der Waals surface area (Å²) >= 11 is 0. The first-order chi connectivity index (χ1) is 12.7. The zero-order valence-corrected chi connectivity index (χ0v) is 15.7. The highest BCUT2D eigenvalue weighted by atomic mass is 16.5. The molecular formula is C18H27N7O. The van der Waals surface area contributed by atoms with Crippen LogP contribution in [0.4, 0.5) is 11.6 Å². The summed E-state index contributed by atoms with van der Waals surface area (Å²) in [6.07, 6.45) is 7.35. The Morgan fingerprint density at radius 2 is 2.12 bits per heavy atom. The highest BCUT2D eigenvalue weighted by molar-refractivity contribution is 5.73. The Kier molecular flexibility index (Phi) is 6.19. The van der Waals surface area contributed by atoms with Gasteiger partial charge in [0, 0.05) is 25.9 Å². The van der Waals surface area contributed by atoms with Crippen LogP contribution in [0.3, 0.4) is 0 Å². The molecule has 26 heavy (non-hydrogen) atoms. The number of aromatic nitrogens is 5. The van der Waals surface area contributed by atoms with Gasteiger partial charge in [0.05, 0.1) is 18.5 Å². The van der Waals surface area contributed by atoms with Gasteiger partial charge in [0.25, 0.3) is 0 Å². The predicted octanol–water partition coefficient (Wildman–Crippen LogP) is 2.78. The maximum absolute atomic E-state index is 5.09. The molecule has 0 spiro atoms. The molecule has 0 bridgehead atoms. The molecule has 8 heteroatoms. The number of hydrogen-bond donors (Lipinski definition) is 2. The fraction of sp³-hybridized carbons (Fsp3) is 0.500. The summed E-state index contributed by atoms with van der Waals surface area (Å²) in [7, 11) is 5.88. The summed E-state index contributed by atoms with van der Waals surface area (Å²) < 4.78 is 7.26. The van der Waals surface area contributed by atoms with Crippen LogP contribution in [0.5, 0.6) is 0 Å². The predicted molar refractivity (Wildman–Crippen MR) is 103 cm³/mol. The van der Waals surface area contributed by atoms with E-state index >= 15 is 0 Å². The van der Waals surface area contributed by atoms with Crippen molar-refractivity contribution < 1.29 is 4.74 Å². The molecule has 8 nitrogen and oxygen atoms in total. The summed E-state index contributed by atoms with van der Waals surface area (Å²) in [5.74, 6) is 1.38. The van der Waals surface area contributed by atoms with Gasteiger partial charge in [-0.15, -0.1) is 0 Å². The van der Waals surface area contributed by atoms with Crippen LogP contribution >= 0.6 is 0 Å². The van der Waals surface area contributed by atoms with Crippen molar-refractivity contribution in [2.75, 3.05) is 33.1 Å². The minimum Gasteiger partial charge on any atom is -0.378 e. The average Bonchev–Trinajstić information content (AvgIpc) is 3.22. The molecule has 0 aromatic carbocycles. The Morgan fingerprint density at radius 3 is 2.92 bits per heavy atom. The van der Waals surface area contributed by atoms with Gasteiger partial charge in [0.1, 0.15) is 5.52 Å². The van der Waals surface area contributed by atoms with E-state index in [9.17, 15) is 0 Å². The quantitative estimate of drug-likeness (QED) is 0.543. The average molecular weight is 357 g/mol. The van der Waals surface area contributed by atoms with Gasteiger partial charge in [-0.05, 0) is 39.5 Å². The van der Waals surface area contributed by atoms with Gasteiger partial charge in [-0.2, -0.15) is 5.10 Å². The second-order valence-electron chi connectivity index (χ2n) is 6.67. The molecule has 3 aromatic rings. The maximum Gasteiger partial charge on any atom is 0.161 e. The Morgan fingerprint density at radius 1 is 1.23 bits per heavy atom. The number of rotatable bonds is 10. The monoisotopic (exact) mass is 357 g/mol. The van der Waals surface area contributed by atoms with Gasteiger partial charge >= 0.3 is 0 Å². The molecule has 0 radical (unpaired) electrons. The number of methoxy groups -OCH3 is 1. The van der Waals surface area contributed by atoms with Gasteiger partial charge in [-0.3, -0.25) is 5.10 Å². The van der Waals surface area contributed by atoms with Crippen LogP contribution in [0, 0.1) is 0 Å². The molecule has 3 aromatic heterocycles. The van der Waals surface area contributed by atoms with Crippen LogP contribution in [-0.4, -0.2) is 57.4 Å². The number of aromatic amines is 1. The highest BCUT2D eigenvalue weighted by Crippen LogP contribution is 2.18. The highest BCUT2D eigenvalue weighted by Gasteiger charge is 2.07. The lowest BCUT2D eigenvalue weighted by atomic mass is 10.2. The van der Waals surface area contributed by atoms with Gasteiger partial charge in [-0.1, -0.05) is 6.42 Å². The molecule has 3 rings (SSSR count). The van der Waals surface area contributed by atoms with Crippen LogP contribution in [0.25, 0.3) is 11.2 Å². The van der Waals surface area contributed by atoms with E-state index in [2.05, 4.69) is 50.3 Å². The molecular weight excluding hydrogens is 330 g/mol. The van der Waals surface area contributed by atoms with Crippen LogP contribution in [0.15, 0.2) is 24.5 Å². The molecule has 140 valence electrons. The van der Waals surface area contributed by atoms with Crippen molar-refractivity contribution in [1.82, 2.24) is 29.6 Å². The largest absolute Gasteiger partial charge is 0.378 e. The summed E-state index contributed by atoms with van der Waals surface area (Å²) in [5, 5.41) is 10.3. The smallest absolute Gasteiger partial charge is 0.161 e. The molecule has 0 fully saturated rings. The van der Waals surface area contributed by atoms with Crippen molar-refractivity contribution in [2.45, 2.75) is 32.4 Å². The first kappa shape index (κ1) is 18.3. The van der Waals surface area contributed by atoms with Crippen LogP contribution in [0.1, 0.15) is 25.0 Å². The van der Waals surface area contributed by atoms with Gasteiger partial charge in [0.15, 0.2) is 17.3 Å². The molecule has 0 aliphatic carbocycles. The number of aryl methyl sites for hydroxylation is 1. The number of nitrogens with zero attached hydrogens (tertiary/aromatic N) is 5. The number of ether oxygens (including phenoxy) is 1. The molecule has 0 amide bonds. The lowest BCUT2D eigenvalue weighted by Crippen LogP contribution is -2.12. The van der Waals surface area contributed by atoms with Crippen LogP contribution in [0.2, 0.25) is 0 Å². The number of H-pyrrole nitrogens is 1. The molecule has 0 aliphatic rings. The second kappa shape index (κ2) is 8.77. The third kappa shape index (κ3) is 4.80. The molecule has 3 heterocycles. The lowest BCUT2D eigenvalue weighted by Gasteiger charge is -2.09. The number of fused-ring (bicyclic) bond motifs is 1. The first-order valence-corrected chi connectivity index (χ1v) is 8.92. The number of anilines is 2. The second-order valence-corrected chi connectivity index (χ2v) is 6.67. The van der Waals surface area contributed by atoms with E-state index < -0.39 is 0 Å². The van der Waals surface area contributed by atoms with Gasteiger partial charge in [0.2, 0.25) is 0 Å². The topological polar surface area (TPSA) is 83.9 Å². The molecule has 0 unspecified atom stereocenters. The first-order valence-electron chi connectivity index (χ1n) is 8.92. The van der Waals surface area contributed by atoms with Crippen LogP contribution < -0.4 is 5.32 Å². The summed E-state index contributed by atoms with van der Waals surface area (Å²) in [5.41, 5.74) is 2.71. The van der Waals surface area contributed by atoms with Gasteiger partial charge < -0.3 is 19.5 Å². The van der Waals surface area contributed by atoms with Crippen molar-refractivity contribution in [3.8, 4) is 0 Å². The number of nitrogens with one attached hydrogen (secondary N) is 2.